The molecule has 2 aromatic carbocycles. The first kappa shape index (κ1) is 22.5. The van der Waals surface area contributed by atoms with Gasteiger partial charge in [0.25, 0.3) is 5.91 Å². The van der Waals surface area contributed by atoms with Gasteiger partial charge in [-0.05, 0) is 31.5 Å². The number of pyridine rings is 1. The van der Waals surface area contributed by atoms with Crippen LogP contribution in [0.4, 0.5) is 0 Å². The largest absolute Gasteiger partial charge is 0.355 e. The Morgan fingerprint density at radius 1 is 1.09 bits per heavy atom. The normalized spacial score (nSPS) is 11.8. The van der Waals surface area contributed by atoms with E-state index in [0.717, 1.165) is 11.1 Å². The highest BCUT2D eigenvalue weighted by atomic mass is 35.5. The Hall–Kier alpha value is -3.71. The Morgan fingerprint density at radius 2 is 1.82 bits per heavy atom. The topological polar surface area (TPSA) is 88.9 Å². The summed E-state index contributed by atoms with van der Waals surface area (Å²) in [5.41, 5.74) is 3.37. The van der Waals surface area contributed by atoms with Crippen LogP contribution in [0.1, 0.15) is 29.8 Å². The number of hydrogen-bond acceptors (Lipinski definition) is 4. The van der Waals surface area contributed by atoms with Gasteiger partial charge < -0.3 is 10.6 Å². The molecule has 33 heavy (non-hydrogen) atoms. The maximum absolute atomic E-state index is 13.2. The van der Waals surface area contributed by atoms with Gasteiger partial charge in [-0.3, -0.25) is 9.59 Å². The third-order valence-corrected chi connectivity index (χ3v) is 5.66. The fourth-order valence-corrected chi connectivity index (χ4v) is 3.76. The number of amides is 2. The number of carbonyl (C=O) groups excluding carboxylic acids is 2. The average molecular weight is 462 g/mol. The van der Waals surface area contributed by atoms with E-state index >= 15 is 0 Å². The molecule has 0 spiro atoms. The number of likely N-dealkylation sites (N-methyl/N-ethyl adjacent to an activating group) is 1. The monoisotopic (exact) mass is 461 g/mol. The van der Waals surface area contributed by atoms with Crippen molar-refractivity contribution in [2.45, 2.75) is 26.4 Å². The molecule has 4 aromatic rings. The molecular formula is C25H24ClN5O2. The second kappa shape index (κ2) is 9.83. The first-order valence-electron chi connectivity index (χ1n) is 10.7. The van der Waals surface area contributed by atoms with Gasteiger partial charge in [0, 0.05) is 17.1 Å². The van der Waals surface area contributed by atoms with E-state index < -0.39 is 6.04 Å². The quantitative estimate of drug-likeness (QED) is 0.434. The Labute approximate surface area is 196 Å². The number of hydrogen-bond donors (Lipinski definition) is 2. The summed E-state index contributed by atoms with van der Waals surface area (Å²) in [4.78, 5) is 30.2. The predicted octanol–water partition coefficient (Wildman–Crippen LogP) is 4.05. The Bertz CT molecular complexity index is 1300. The molecule has 2 amide bonds. The van der Waals surface area contributed by atoms with Crippen molar-refractivity contribution in [1.29, 1.82) is 0 Å². The van der Waals surface area contributed by atoms with E-state index in [2.05, 4.69) is 15.7 Å². The Balaban J connectivity index is 1.78. The first-order chi connectivity index (χ1) is 16.0. The molecule has 168 valence electrons. The lowest BCUT2D eigenvalue weighted by atomic mass is 10.1. The van der Waals surface area contributed by atoms with Crippen molar-refractivity contribution < 1.29 is 9.59 Å². The lowest BCUT2D eigenvalue weighted by Gasteiger charge is -2.14. The van der Waals surface area contributed by atoms with Crippen LogP contribution in [0.3, 0.4) is 0 Å². The van der Waals surface area contributed by atoms with Gasteiger partial charge >= 0.3 is 0 Å². The van der Waals surface area contributed by atoms with E-state index in [-0.39, 0.29) is 11.8 Å². The lowest BCUT2D eigenvalue weighted by molar-refractivity contribution is -0.122. The number of halogens is 1. The maximum atomic E-state index is 13.2. The van der Waals surface area contributed by atoms with Gasteiger partial charge in [0.2, 0.25) is 5.91 Å². The molecule has 7 nitrogen and oxygen atoms in total. The molecule has 1 unspecified atom stereocenters. The van der Waals surface area contributed by atoms with Crippen LogP contribution in [-0.2, 0) is 11.3 Å². The zero-order chi connectivity index (χ0) is 23.4. The van der Waals surface area contributed by atoms with Crippen molar-refractivity contribution in [3.05, 3.63) is 83.0 Å². The molecule has 0 bridgehead atoms. The van der Waals surface area contributed by atoms with Crippen molar-refractivity contribution in [3.63, 3.8) is 0 Å². The average Bonchev–Trinajstić information content (AvgIpc) is 3.23. The third-order valence-electron chi connectivity index (χ3n) is 5.29. The number of fused-ring (bicyclic) bond motifs is 1. The molecule has 0 saturated heterocycles. The molecule has 0 fully saturated rings. The summed E-state index contributed by atoms with van der Waals surface area (Å²) in [6.45, 7) is 4.38. The van der Waals surface area contributed by atoms with Crippen molar-refractivity contribution in [2.24, 2.45) is 0 Å². The van der Waals surface area contributed by atoms with Gasteiger partial charge in [-0.15, -0.1) is 0 Å². The predicted molar refractivity (Wildman–Crippen MR) is 129 cm³/mol. The second-order valence-corrected chi connectivity index (χ2v) is 8.05. The summed E-state index contributed by atoms with van der Waals surface area (Å²) in [6.07, 6.45) is 1.62. The van der Waals surface area contributed by atoms with Gasteiger partial charge in [0.05, 0.1) is 29.4 Å². The summed E-state index contributed by atoms with van der Waals surface area (Å²) in [5, 5.41) is 11.2. The molecule has 2 aromatic heterocycles. The van der Waals surface area contributed by atoms with Gasteiger partial charge in [-0.1, -0.05) is 60.1 Å². The highest BCUT2D eigenvalue weighted by Gasteiger charge is 2.21. The van der Waals surface area contributed by atoms with Crippen molar-refractivity contribution in [1.82, 2.24) is 25.4 Å². The van der Waals surface area contributed by atoms with E-state index in [0.29, 0.717) is 40.4 Å². The minimum absolute atomic E-state index is 0.242. The molecule has 0 radical (unpaired) electrons. The number of nitrogens with one attached hydrogen (secondary N) is 2. The molecule has 2 N–H and O–H groups in total. The van der Waals surface area contributed by atoms with E-state index in [1.165, 1.54) is 0 Å². The standard InChI is InChI=1S/C25H24ClN5O2/c1-3-27-24(32)16(2)29-25(33)19-13-22(17-9-5-4-6-10-17)30-23-20(19)14-28-31(23)15-18-11-7-8-12-21(18)26/h4-14,16H,3,15H2,1-2H3,(H,27,32)(H,29,33). The van der Waals surface area contributed by atoms with Gasteiger partial charge in [-0.25, -0.2) is 9.67 Å². The van der Waals surface area contributed by atoms with Crippen LogP contribution in [0.2, 0.25) is 5.02 Å². The minimum atomic E-state index is -0.681. The highest BCUT2D eigenvalue weighted by molar-refractivity contribution is 6.31. The number of benzene rings is 2. The molecule has 0 aliphatic heterocycles. The molecule has 0 aliphatic rings. The zero-order valence-corrected chi connectivity index (χ0v) is 19.1. The molecule has 2 heterocycles. The number of nitrogens with zero attached hydrogens (tertiary/aromatic N) is 3. The van der Waals surface area contributed by atoms with E-state index in [4.69, 9.17) is 16.6 Å². The van der Waals surface area contributed by atoms with Crippen molar-refractivity contribution in [2.75, 3.05) is 6.54 Å². The SMILES string of the molecule is CCNC(=O)C(C)NC(=O)c1cc(-c2ccccc2)nc2c1cnn2Cc1ccccc1Cl. The van der Waals surface area contributed by atoms with E-state index in [9.17, 15) is 9.59 Å². The van der Waals surface area contributed by atoms with Crippen molar-refractivity contribution >= 4 is 34.4 Å². The van der Waals surface area contributed by atoms with Gasteiger partial charge in [-0.2, -0.15) is 5.10 Å². The van der Waals surface area contributed by atoms with Crippen LogP contribution in [0, 0.1) is 0 Å². The zero-order valence-electron chi connectivity index (χ0n) is 18.4. The molecule has 4 rings (SSSR count). The Kier molecular flexibility index (Phi) is 6.70. The van der Waals surface area contributed by atoms with Crippen LogP contribution in [0.25, 0.3) is 22.3 Å². The summed E-state index contributed by atoms with van der Waals surface area (Å²) < 4.78 is 1.73. The van der Waals surface area contributed by atoms with Crippen LogP contribution in [0.15, 0.2) is 66.9 Å². The summed E-state index contributed by atoms with van der Waals surface area (Å²) >= 11 is 6.35. The van der Waals surface area contributed by atoms with Crippen LogP contribution in [-0.4, -0.2) is 39.2 Å². The van der Waals surface area contributed by atoms with Gasteiger partial charge in [0.1, 0.15) is 6.04 Å². The fourth-order valence-electron chi connectivity index (χ4n) is 3.56. The third kappa shape index (κ3) is 4.88. The number of aromatic nitrogens is 3. The van der Waals surface area contributed by atoms with Crippen LogP contribution in [0.5, 0.6) is 0 Å². The second-order valence-electron chi connectivity index (χ2n) is 7.64. The van der Waals surface area contributed by atoms with E-state index in [1.54, 1.807) is 23.9 Å². The highest BCUT2D eigenvalue weighted by Crippen LogP contribution is 2.26. The van der Waals surface area contributed by atoms with Gasteiger partial charge in [0.15, 0.2) is 5.65 Å². The smallest absolute Gasteiger partial charge is 0.252 e. The van der Waals surface area contributed by atoms with Crippen LogP contribution < -0.4 is 10.6 Å². The molecule has 1 atom stereocenters. The van der Waals surface area contributed by atoms with E-state index in [1.807, 2.05) is 61.5 Å². The maximum Gasteiger partial charge on any atom is 0.252 e. The fraction of sp³-hybridized carbons (Fsp3) is 0.200. The number of rotatable bonds is 7. The molecule has 8 heteroatoms. The molecular weight excluding hydrogens is 438 g/mol. The summed E-state index contributed by atoms with van der Waals surface area (Å²) in [7, 11) is 0. The molecule has 0 aliphatic carbocycles. The molecule has 0 saturated carbocycles. The summed E-state index contributed by atoms with van der Waals surface area (Å²) in [6, 6.07) is 18.2. The van der Waals surface area contributed by atoms with Crippen LogP contribution >= 0.6 is 11.6 Å². The number of carbonyl (C=O) groups is 2. The Morgan fingerprint density at radius 3 is 2.55 bits per heavy atom. The lowest BCUT2D eigenvalue weighted by Crippen LogP contribution is -2.44. The van der Waals surface area contributed by atoms with Crippen molar-refractivity contribution in [3.8, 4) is 11.3 Å². The summed E-state index contributed by atoms with van der Waals surface area (Å²) in [5.74, 6) is -0.607. The minimum Gasteiger partial charge on any atom is -0.355 e. The first-order valence-corrected chi connectivity index (χ1v) is 11.1.